The molecule has 6 nitrogen and oxygen atoms in total. The summed E-state index contributed by atoms with van der Waals surface area (Å²) in [5.41, 5.74) is 4.95. The quantitative estimate of drug-likeness (QED) is 0.382. The highest BCUT2D eigenvalue weighted by molar-refractivity contribution is 7.13. The van der Waals surface area contributed by atoms with E-state index in [1.165, 1.54) is 4.90 Å². The minimum absolute atomic E-state index is 0.259. The normalized spacial score (nSPS) is 15.8. The molecular formula is C28H25N3O3S. The summed E-state index contributed by atoms with van der Waals surface area (Å²) in [6.45, 7) is 5.36. The van der Waals surface area contributed by atoms with E-state index in [0.29, 0.717) is 11.4 Å². The van der Waals surface area contributed by atoms with Crippen molar-refractivity contribution in [3.05, 3.63) is 83.7 Å². The van der Waals surface area contributed by atoms with Crippen LogP contribution in [0.4, 0.5) is 11.4 Å². The van der Waals surface area contributed by atoms with Crippen LogP contribution in [0, 0.1) is 6.92 Å². The number of nitrogens with zero attached hydrogens (tertiary/aromatic N) is 2. The molecule has 1 aliphatic rings. The van der Waals surface area contributed by atoms with Crippen LogP contribution in [0.5, 0.6) is 5.75 Å². The summed E-state index contributed by atoms with van der Waals surface area (Å²) >= 11 is 1.56. The Hall–Kier alpha value is -3.97. The fourth-order valence-corrected chi connectivity index (χ4v) is 4.94. The lowest BCUT2D eigenvalue weighted by atomic mass is 10.1. The van der Waals surface area contributed by atoms with Crippen molar-refractivity contribution >= 4 is 34.5 Å². The van der Waals surface area contributed by atoms with Gasteiger partial charge >= 0.3 is 0 Å². The van der Waals surface area contributed by atoms with Gasteiger partial charge in [0.05, 0.1) is 11.4 Å². The zero-order chi connectivity index (χ0) is 24.5. The molecule has 4 aromatic rings. The van der Waals surface area contributed by atoms with E-state index in [2.05, 4.69) is 5.32 Å². The highest BCUT2D eigenvalue weighted by Gasteiger charge is 2.37. The van der Waals surface area contributed by atoms with Crippen molar-refractivity contribution in [1.29, 1.82) is 0 Å². The average Bonchev–Trinajstić information content (AvgIpc) is 3.37. The predicted octanol–water partition coefficient (Wildman–Crippen LogP) is 5.93. The molecule has 3 aromatic carbocycles. The van der Waals surface area contributed by atoms with Gasteiger partial charge in [-0.05, 0) is 50.6 Å². The number of ether oxygens (including phenoxy) is 1. The zero-order valence-electron chi connectivity index (χ0n) is 19.7. The second-order valence-corrected chi connectivity index (χ2v) is 9.39. The van der Waals surface area contributed by atoms with E-state index in [1.54, 1.807) is 25.2 Å². The Kier molecular flexibility index (Phi) is 6.09. The molecule has 0 aliphatic carbocycles. The van der Waals surface area contributed by atoms with E-state index in [1.807, 2.05) is 85.1 Å². The highest BCUT2D eigenvalue weighted by Crippen LogP contribution is 2.39. The number of benzene rings is 3. The summed E-state index contributed by atoms with van der Waals surface area (Å²) in [5.74, 6) is 0.0402. The van der Waals surface area contributed by atoms with Crippen LogP contribution < -0.4 is 15.0 Å². The summed E-state index contributed by atoms with van der Waals surface area (Å²) in [7, 11) is 0. The fourth-order valence-electron chi connectivity index (χ4n) is 4.11. The Morgan fingerprint density at radius 1 is 1.06 bits per heavy atom. The van der Waals surface area contributed by atoms with E-state index >= 15 is 0 Å². The molecule has 5 rings (SSSR count). The smallest absolute Gasteiger partial charge is 0.268 e. The highest BCUT2D eigenvalue weighted by atomic mass is 32.1. The van der Waals surface area contributed by atoms with Crippen LogP contribution in [0.2, 0.25) is 0 Å². The molecule has 35 heavy (non-hydrogen) atoms. The molecule has 1 aliphatic heterocycles. The van der Waals surface area contributed by atoms with Gasteiger partial charge in [-0.25, -0.2) is 4.98 Å². The van der Waals surface area contributed by atoms with Crippen LogP contribution in [0.15, 0.2) is 78.2 Å². The number of hydrogen-bond donors (Lipinski definition) is 1. The molecule has 176 valence electrons. The minimum atomic E-state index is -0.738. The maximum Gasteiger partial charge on any atom is 0.268 e. The van der Waals surface area contributed by atoms with Crippen molar-refractivity contribution in [3.8, 4) is 27.6 Å². The zero-order valence-corrected chi connectivity index (χ0v) is 20.5. The SMILES string of the molecule is Cc1ccccc1NC(=O)C(C)N1C(=O)C(C)Oc2ccc(-c3csc(-c4ccccc4)n3)cc21. The van der Waals surface area contributed by atoms with Crippen molar-refractivity contribution in [2.24, 2.45) is 0 Å². The maximum atomic E-state index is 13.2. The largest absolute Gasteiger partial charge is 0.479 e. The monoisotopic (exact) mass is 483 g/mol. The molecule has 1 aromatic heterocycles. The Bertz CT molecular complexity index is 1400. The lowest BCUT2D eigenvalue weighted by molar-refractivity contribution is -0.128. The molecule has 0 spiro atoms. The van der Waals surface area contributed by atoms with Crippen molar-refractivity contribution < 1.29 is 14.3 Å². The van der Waals surface area contributed by atoms with Gasteiger partial charge in [-0.15, -0.1) is 11.3 Å². The van der Waals surface area contributed by atoms with E-state index in [4.69, 9.17) is 9.72 Å². The number of rotatable bonds is 5. The molecule has 2 unspecified atom stereocenters. The van der Waals surface area contributed by atoms with E-state index in [9.17, 15) is 9.59 Å². The van der Waals surface area contributed by atoms with Gasteiger partial charge in [-0.1, -0.05) is 48.5 Å². The van der Waals surface area contributed by atoms with Gasteiger partial charge in [0.2, 0.25) is 5.91 Å². The topological polar surface area (TPSA) is 71.5 Å². The number of hydrogen-bond acceptors (Lipinski definition) is 5. The number of carbonyl (C=O) groups is 2. The van der Waals surface area contributed by atoms with E-state index in [0.717, 1.165) is 33.1 Å². The fraction of sp³-hybridized carbons (Fsp3) is 0.179. The number of para-hydroxylation sites is 1. The van der Waals surface area contributed by atoms with Crippen LogP contribution >= 0.6 is 11.3 Å². The minimum Gasteiger partial charge on any atom is -0.479 e. The number of carbonyl (C=O) groups excluding carboxylic acids is 2. The summed E-state index contributed by atoms with van der Waals surface area (Å²) in [6.07, 6.45) is -0.689. The molecule has 0 bridgehead atoms. The van der Waals surface area contributed by atoms with Gasteiger partial charge in [-0.3, -0.25) is 14.5 Å². The lowest BCUT2D eigenvalue weighted by Crippen LogP contribution is -2.52. The van der Waals surface area contributed by atoms with Crippen LogP contribution in [0.25, 0.3) is 21.8 Å². The second-order valence-electron chi connectivity index (χ2n) is 8.53. The number of fused-ring (bicyclic) bond motifs is 1. The van der Waals surface area contributed by atoms with Gasteiger partial charge in [0.1, 0.15) is 16.8 Å². The first kappa shape index (κ1) is 22.8. The molecule has 2 amide bonds. The Morgan fingerprint density at radius 2 is 1.80 bits per heavy atom. The molecule has 0 fully saturated rings. The van der Waals surface area contributed by atoms with Crippen molar-refractivity contribution in [3.63, 3.8) is 0 Å². The van der Waals surface area contributed by atoms with Gasteiger partial charge in [-0.2, -0.15) is 0 Å². The third-order valence-corrected chi connectivity index (χ3v) is 6.99. The molecule has 2 heterocycles. The molecule has 7 heteroatoms. The number of aromatic nitrogens is 1. The van der Waals surface area contributed by atoms with Crippen LogP contribution in [-0.4, -0.2) is 28.9 Å². The lowest BCUT2D eigenvalue weighted by Gasteiger charge is -2.36. The Labute approximate surface area is 208 Å². The Balaban J connectivity index is 1.48. The molecular weight excluding hydrogens is 458 g/mol. The summed E-state index contributed by atoms with van der Waals surface area (Å²) in [6, 6.07) is 22.5. The first-order valence-electron chi connectivity index (χ1n) is 11.4. The standard InChI is InChI=1S/C28H25N3O3S/c1-17-9-7-8-12-22(17)29-26(32)18(2)31-24-15-21(13-14-25(24)34-19(3)28(31)33)23-16-35-27(30-23)20-10-5-4-6-11-20/h4-16,18-19H,1-3H3,(H,29,32). The summed E-state index contributed by atoms with van der Waals surface area (Å²) in [5, 5.41) is 5.87. The van der Waals surface area contributed by atoms with Crippen molar-refractivity contribution in [2.45, 2.75) is 32.9 Å². The van der Waals surface area contributed by atoms with Gasteiger partial charge in [0.15, 0.2) is 6.10 Å². The second kappa shape index (κ2) is 9.35. The van der Waals surface area contributed by atoms with Crippen molar-refractivity contribution in [1.82, 2.24) is 4.98 Å². The molecule has 0 saturated carbocycles. The number of thiazole rings is 1. The number of nitrogens with one attached hydrogen (secondary N) is 1. The predicted molar refractivity (Wildman–Crippen MR) is 140 cm³/mol. The van der Waals surface area contributed by atoms with Gasteiger partial charge in [0.25, 0.3) is 5.91 Å². The third-order valence-electron chi connectivity index (χ3n) is 6.10. The van der Waals surface area contributed by atoms with Gasteiger partial charge < -0.3 is 10.1 Å². The van der Waals surface area contributed by atoms with Crippen molar-refractivity contribution in [2.75, 3.05) is 10.2 Å². The Morgan fingerprint density at radius 3 is 2.57 bits per heavy atom. The van der Waals surface area contributed by atoms with Crippen LogP contribution in [0.3, 0.4) is 0 Å². The molecule has 0 saturated heterocycles. The van der Waals surface area contributed by atoms with E-state index in [-0.39, 0.29) is 11.8 Å². The summed E-state index contributed by atoms with van der Waals surface area (Å²) < 4.78 is 5.87. The summed E-state index contributed by atoms with van der Waals surface area (Å²) in [4.78, 5) is 32.7. The number of anilines is 2. The molecule has 1 N–H and O–H groups in total. The maximum absolute atomic E-state index is 13.2. The van der Waals surface area contributed by atoms with Crippen LogP contribution in [0.1, 0.15) is 19.4 Å². The number of amides is 2. The van der Waals surface area contributed by atoms with Crippen LogP contribution in [-0.2, 0) is 9.59 Å². The van der Waals surface area contributed by atoms with Gasteiger partial charge in [0, 0.05) is 22.2 Å². The van der Waals surface area contributed by atoms with E-state index < -0.39 is 12.1 Å². The third kappa shape index (κ3) is 4.42. The first-order valence-corrected chi connectivity index (χ1v) is 12.3. The molecule has 2 atom stereocenters. The average molecular weight is 484 g/mol. The number of aryl methyl sites for hydroxylation is 1. The first-order chi connectivity index (χ1) is 16.9. The molecule has 0 radical (unpaired) electrons.